The fourth-order valence-corrected chi connectivity index (χ4v) is 2.14. The quantitative estimate of drug-likeness (QED) is 0.844. The van der Waals surface area contributed by atoms with Crippen LogP contribution in [0.4, 0.5) is 4.39 Å². The predicted octanol–water partition coefficient (Wildman–Crippen LogP) is 2.19. The van der Waals surface area contributed by atoms with Crippen molar-refractivity contribution in [2.24, 2.45) is 5.92 Å². The highest BCUT2D eigenvalue weighted by Crippen LogP contribution is 2.21. The Hall–Kier alpha value is -1.09. The van der Waals surface area contributed by atoms with E-state index in [0.717, 1.165) is 30.8 Å². The van der Waals surface area contributed by atoms with Crippen LogP contribution in [0.25, 0.3) is 0 Å². The van der Waals surface area contributed by atoms with Gasteiger partial charge < -0.3 is 10.1 Å². The van der Waals surface area contributed by atoms with E-state index < -0.39 is 6.17 Å². The van der Waals surface area contributed by atoms with E-state index in [0.29, 0.717) is 6.42 Å². The number of nitrogens with one attached hydrogen (secondary N) is 1. The molecule has 0 spiro atoms. The van der Waals surface area contributed by atoms with Crippen LogP contribution in [0.1, 0.15) is 12.0 Å². The van der Waals surface area contributed by atoms with Gasteiger partial charge in [0.2, 0.25) is 0 Å². The van der Waals surface area contributed by atoms with Crippen LogP contribution in [-0.2, 0) is 6.42 Å². The average Bonchev–Trinajstić information content (AvgIpc) is 2.83. The van der Waals surface area contributed by atoms with Gasteiger partial charge in [-0.1, -0.05) is 12.1 Å². The molecule has 1 fully saturated rings. The summed E-state index contributed by atoms with van der Waals surface area (Å²) in [6, 6.07) is 7.64. The van der Waals surface area contributed by atoms with Crippen molar-refractivity contribution in [1.82, 2.24) is 5.32 Å². The molecule has 16 heavy (non-hydrogen) atoms. The summed E-state index contributed by atoms with van der Waals surface area (Å²) < 4.78 is 19.0. The lowest BCUT2D eigenvalue weighted by atomic mass is 9.97. The van der Waals surface area contributed by atoms with E-state index in [1.54, 1.807) is 7.11 Å². The van der Waals surface area contributed by atoms with E-state index in [1.807, 2.05) is 24.3 Å². The minimum Gasteiger partial charge on any atom is -0.497 e. The lowest BCUT2D eigenvalue weighted by Gasteiger charge is -2.14. The zero-order valence-corrected chi connectivity index (χ0v) is 9.58. The van der Waals surface area contributed by atoms with Crippen molar-refractivity contribution in [2.75, 3.05) is 20.2 Å². The predicted molar refractivity (Wildman–Crippen MR) is 62.6 cm³/mol. The fourth-order valence-electron chi connectivity index (χ4n) is 2.14. The molecule has 88 valence electrons. The highest BCUT2D eigenvalue weighted by atomic mass is 19.1. The molecule has 2 unspecified atom stereocenters. The maximum absolute atomic E-state index is 13.9. The average molecular weight is 223 g/mol. The summed E-state index contributed by atoms with van der Waals surface area (Å²) in [4.78, 5) is 0. The normalized spacial score (nSPS) is 22.0. The molecule has 0 radical (unpaired) electrons. The molecule has 0 saturated carbocycles. The van der Waals surface area contributed by atoms with Crippen LogP contribution in [0.2, 0.25) is 0 Å². The third-order valence-electron chi connectivity index (χ3n) is 3.20. The van der Waals surface area contributed by atoms with Crippen molar-refractivity contribution in [1.29, 1.82) is 0 Å². The summed E-state index contributed by atoms with van der Waals surface area (Å²) in [7, 11) is 1.64. The summed E-state index contributed by atoms with van der Waals surface area (Å²) in [5, 5.41) is 3.20. The van der Waals surface area contributed by atoms with Crippen molar-refractivity contribution >= 4 is 0 Å². The van der Waals surface area contributed by atoms with E-state index in [9.17, 15) is 4.39 Å². The van der Waals surface area contributed by atoms with Gasteiger partial charge in [-0.2, -0.15) is 0 Å². The third kappa shape index (κ3) is 2.73. The number of ether oxygens (including phenoxy) is 1. The number of hydrogen-bond donors (Lipinski definition) is 1. The fraction of sp³-hybridized carbons (Fsp3) is 0.538. The van der Waals surface area contributed by atoms with Crippen molar-refractivity contribution in [3.05, 3.63) is 29.8 Å². The topological polar surface area (TPSA) is 21.3 Å². The molecular weight excluding hydrogens is 205 g/mol. The highest BCUT2D eigenvalue weighted by Gasteiger charge is 2.24. The second kappa shape index (κ2) is 5.30. The molecule has 0 bridgehead atoms. The van der Waals surface area contributed by atoms with Crippen LogP contribution in [0.15, 0.2) is 24.3 Å². The maximum Gasteiger partial charge on any atom is 0.118 e. The van der Waals surface area contributed by atoms with Gasteiger partial charge in [-0.05, 0) is 30.7 Å². The molecular formula is C13H18FNO. The van der Waals surface area contributed by atoms with Crippen LogP contribution in [-0.4, -0.2) is 26.4 Å². The van der Waals surface area contributed by atoms with Crippen LogP contribution < -0.4 is 10.1 Å². The number of hydrogen-bond acceptors (Lipinski definition) is 2. The zero-order chi connectivity index (χ0) is 11.4. The molecule has 1 aromatic rings. The Morgan fingerprint density at radius 3 is 2.75 bits per heavy atom. The summed E-state index contributed by atoms with van der Waals surface area (Å²) in [5.41, 5.74) is 1.04. The van der Waals surface area contributed by atoms with Crippen molar-refractivity contribution in [3.8, 4) is 5.75 Å². The highest BCUT2D eigenvalue weighted by molar-refractivity contribution is 5.27. The first kappa shape index (κ1) is 11.4. The first-order valence-electron chi connectivity index (χ1n) is 5.77. The van der Waals surface area contributed by atoms with Crippen LogP contribution >= 0.6 is 0 Å². The Morgan fingerprint density at radius 1 is 1.44 bits per heavy atom. The zero-order valence-electron chi connectivity index (χ0n) is 9.58. The molecule has 0 aromatic heterocycles. The van der Waals surface area contributed by atoms with Crippen LogP contribution in [0.3, 0.4) is 0 Å². The second-order valence-corrected chi connectivity index (χ2v) is 4.32. The Kier molecular flexibility index (Phi) is 3.78. The van der Waals surface area contributed by atoms with Gasteiger partial charge in [-0.3, -0.25) is 0 Å². The molecule has 0 aliphatic carbocycles. The van der Waals surface area contributed by atoms with E-state index in [-0.39, 0.29) is 5.92 Å². The van der Waals surface area contributed by atoms with Crippen molar-refractivity contribution in [2.45, 2.75) is 19.0 Å². The van der Waals surface area contributed by atoms with Crippen molar-refractivity contribution in [3.63, 3.8) is 0 Å². The van der Waals surface area contributed by atoms with Gasteiger partial charge >= 0.3 is 0 Å². The molecule has 1 aliphatic heterocycles. The molecule has 0 amide bonds. The molecule has 2 atom stereocenters. The van der Waals surface area contributed by atoms with E-state index in [4.69, 9.17) is 4.74 Å². The van der Waals surface area contributed by atoms with Gasteiger partial charge in [0.1, 0.15) is 11.9 Å². The lowest BCUT2D eigenvalue weighted by Crippen LogP contribution is -2.21. The van der Waals surface area contributed by atoms with Gasteiger partial charge in [-0.15, -0.1) is 0 Å². The number of alkyl halides is 1. The SMILES string of the molecule is COc1ccc(CC(F)C2CCNC2)cc1. The molecule has 1 aromatic carbocycles. The first-order valence-corrected chi connectivity index (χ1v) is 5.77. The van der Waals surface area contributed by atoms with Gasteiger partial charge in [0, 0.05) is 18.9 Å². The van der Waals surface area contributed by atoms with Crippen LogP contribution in [0, 0.1) is 5.92 Å². The van der Waals surface area contributed by atoms with E-state index in [2.05, 4.69) is 5.32 Å². The number of rotatable bonds is 4. The minimum atomic E-state index is -0.733. The smallest absolute Gasteiger partial charge is 0.118 e. The molecule has 1 saturated heterocycles. The van der Waals surface area contributed by atoms with Crippen LogP contribution in [0.5, 0.6) is 5.75 Å². The second-order valence-electron chi connectivity index (χ2n) is 4.32. The number of halogens is 1. The largest absolute Gasteiger partial charge is 0.497 e. The van der Waals surface area contributed by atoms with E-state index in [1.165, 1.54) is 0 Å². The molecule has 2 rings (SSSR count). The Labute approximate surface area is 95.8 Å². The monoisotopic (exact) mass is 223 g/mol. The summed E-state index contributed by atoms with van der Waals surface area (Å²) >= 11 is 0. The van der Waals surface area contributed by atoms with Gasteiger partial charge in [0.15, 0.2) is 0 Å². The maximum atomic E-state index is 13.9. The van der Waals surface area contributed by atoms with Crippen molar-refractivity contribution < 1.29 is 9.13 Å². The summed E-state index contributed by atoms with van der Waals surface area (Å²) in [6.45, 7) is 1.77. The molecule has 1 N–H and O–H groups in total. The molecule has 2 nitrogen and oxygen atoms in total. The molecule has 3 heteroatoms. The standard InChI is InChI=1S/C13H18FNO/c1-16-12-4-2-10(3-5-12)8-13(14)11-6-7-15-9-11/h2-5,11,13,15H,6-9H2,1H3. The summed E-state index contributed by atoms with van der Waals surface area (Å²) in [5.74, 6) is 1.00. The van der Waals surface area contributed by atoms with Gasteiger partial charge in [0.25, 0.3) is 0 Å². The third-order valence-corrected chi connectivity index (χ3v) is 3.20. The van der Waals surface area contributed by atoms with E-state index >= 15 is 0 Å². The Morgan fingerprint density at radius 2 is 2.19 bits per heavy atom. The van der Waals surface area contributed by atoms with Gasteiger partial charge in [0.05, 0.1) is 7.11 Å². The Bertz CT molecular complexity index is 319. The number of benzene rings is 1. The number of methoxy groups -OCH3 is 1. The molecule has 1 heterocycles. The minimum absolute atomic E-state index is 0.183. The van der Waals surface area contributed by atoms with Gasteiger partial charge in [-0.25, -0.2) is 4.39 Å². The first-order chi connectivity index (χ1) is 7.79. The summed E-state index contributed by atoms with van der Waals surface area (Å²) in [6.07, 6.45) is 0.733. The Balaban J connectivity index is 1.92. The molecule has 1 aliphatic rings. The lowest BCUT2D eigenvalue weighted by molar-refractivity contribution is 0.240.